The van der Waals surface area contributed by atoms with Gasteiger partial charge in [0, 0.05) is 33.6 Å². The lowest BCUT2D eigenvalue weighted by atomic mass is 10.2. The Balaban J connectivity index is 2.12. The molecule has 1 rings (SSSR count). The quantitative estimate of drug-likeness (QED) is 0.621. The van der Waals surface area contributed by atoms with Crippen molar-refractivity contribution in [1.82, 2.24) is 10.3 Å². The number of hydrogen-bond donors (Lipinski definition) is 1. The maximum absolute atomic E-state index is 5.69. The molecule has 0 saturated heterocycles. The lowest BCUT2D eigenvalue weighted by molar-refractivity contribution is 0.110. The molecule has 1 aromatic rings. The highest BCUT2D eigenvalue weighted by Gasteiger charge is 2.06. The van der Waals surface area contributed by atoms with Crippen molar-refractivity contribution in [3.63, 3.8) is 0 Å². The predicted octanol–water partition coefficient (Wildman–Crippen LogP) is 1.81. The van der Waals surface area contributed by atoms with Gasteiger partial charge >= 0.3 is 0 Å². The van der Waals surface area contributed by atoms with E-state index in [-0.39, 0.29) is 6.10 Å². The molecule has 0 aliphatic rings. The van der Waals surface area contributed by atoms with Gasteiger partial charge in [0.05, 0.1) is 18.9 Å². The van der Waals surface area contributed by atoms with Crippen LogP contribution in [0.2, 0.25) is 0 Å². The molecule has 0 bridgehead atoms. The molecular weight excluding hydrogens is 244 g/mol. The van der Waals surface area contributed by atoms with E-state index in [4.69, 9.17) is 13.9 Å². The number of aromatic nitrogens is 1. The zero-order chi connectivity index (χ0) is 13.9. The summed E-state index contributed by atoms with van der Waals surface area (Å²) in [5.41, 5.74) is 0. The van der Waals surface area contributed by atoms with Gasteiger partial charge in [-0.1, -0.05) is 0 Å². The van der Waals surface area contributed by atoms with Crippen LogP contribution in [-0.4, -0.2) is 45.0 Å². The Hall–Kier alpha value is -0.910. The number of nitrogens with zero attached hydrogens (tertiary/aromatic N) is 1. The third-order valence-corrected chi connectivity index (χ3v) is 3.03. The van der Waals surface area contributed by atoms with E-state index >= 15 is 0 Å². The van der Waals surface area contributed by atoms with Gasteiger partial charge in [-0.15, -0.1) is 0 Å². The minimum atomic E-state index is 0.263. The Bertz CT molecular complexity index is 328. The van der Waals surface area contributed by atoms with Crippen LogP contribution in [0.3, 0.4) is 0 Å². The zero-order valence-corrected chi connectivity index (χ0v) is 12.3. The van der Waals surface area contributed by atoms with E-state index in [1.807, 2.05) is 6.20 Å². The number of hydrogen-bond acceptors (Lipinski definition) is 5. The minimum absolute atomic E-state index is 0.263. The van der Waals surface area contributed by atoms with E-state index in [2.05, 4.69) is 17.2 Å². The number of aryl methyl sites for hydroxylation is 2. The molecule has 0 aliphatic carbocycles. The molecule has 1 atom stereocenters. The summed E-state index contributed by atoms with van der Waals surface area (Å²) in [6.07, 6.45) is 5.84. The molecule has 1 heterocycles. The Morgan fingerprint density at radius 3 is 2.89 bits per heavy atom. The second-order valence-corrected chi connectivity index (χ2v) is 4.65. The number of nitrogens with one attached hydrogen (secondary N) is 1. The fourth-order valence-corrected chi connectivity index (χ4v) is 1.71. The molecule has 0 fully saturated rings. The van der Waals surface area contributed by atoms with Crippen LogP contribution in [0.15, 0.2) is 10.6 Å². The van der Waals surface area contributed by atoms with Crippen LogP contribution < -0.4 is 5.32 Å². The lowest BCUT2D eigenvalue weighted by Gasteiger charge is -2.06. The van der Waals surface area contributed by atoms with Gasteiger partial charge in [-0.25, -0.2) is 4.98 Å². The molecule has 1 unspecified atom stereocenters. The molecule has 1 aromatic heterocycles. The first-order valence-corrected chi connectivity index (χ1v) is 6.92. The first kappa shape index (κ1) is 16.1. The Morgan fingerprint density at radius 2 is 2.16 bits per heavy atom. The van der Waals surface area contributed by atoms with Gasteiger partial charge in [0.15, 0.2) is 5.89 Å². The molecule has 19 heavy (non-hydrogen) atoms. The van der Waals surface area contributed by atoms with Crippen molar-refractivity contribution in [3.05, 3.63) is 17.8 Å². The van der Waals surface area contributed by atoms with Crippen molar-refractivity contribution in [2.24, 2.45) is 0 Å². The van der Waals surface area contributed by atoms with Crippen molar-refractivity contribution in [3.8, 4) is 0 Å². The van der Waals surface area contributed by atoms with Gasteiger partial charge < -0.3 is 19.2 Å². The van der Waals surface area contributed by atoms with Crippen LogP contribution in [0.4, 0.5) is 0 Å². The van der Waals surface area contributed by atoms with Crippen LogP contribution in [-0.2, 0) is 22.3 Å². The number of methoxy groups -OCH3 is 2. The summed E-state index contributed by atoms with van der Waals surface area (Å²) in [6.45, 7) is 4.66. The monoisotopic (exact) mass is 270 g/mol. The summed E-state index contributed by atoms with van der Waals surface area (Å²) in [5, 5.41) is 3.30. The summed E-state index contributed by atoms with van der Waals surface area (Å²) in [6, 6.07) is 0. The first-order valence-electron chi connectivity index (χ1n) is 6.92. The van der Waals surface area contributed by atoms with Crippen molar-refractivity contribution in [1.29, 1.82) is 0 Å². The average molecular weight is 270 g/mol. The van der Waals surface area contributed by atoms with Crippen molar-refractivity contribution in [2.75, 3.05) is 33.9 Å². The molecule has 1 N–H and O–H groups in total. The lowest BCUT2D eigenvalue weighted by Crippen LogP contribution is -2.20. The SMILES string of the molecule is COCCNCCCc1ncc(CCC(C)OC)o1. The number of ether oxygens (including phenoxy) is 2. The highest BCUT2D eigenvalue weighted by Crippen LogP contribution is 2.10. The zero-order valence-electron chi connectivity index (χ0n) is 12.3. The molecule has 0 spiro atoms. The molecule has 0 saturated carbocycles. The maximum Gasteiger partial charge on any atom is 0.194 e. The smallest absolute Gasteiger partial charge is 0.194 e. The van der Waals surface area contributed by atoms with Gasteiger partial charge in [-0.05, 0) is 26.3 Å². The third-order valence-electron chi connectivity index (χ3n) is 3.03. The topological polar surface area (TPSA) is 56.5 Å². The Kier molecular flexibility index (Phi) is 8.45. The number of oxazole rings is 1. The van der Waals surface area contributed by atoms with Crippen LogP contribution in [0.25, 0.3) is 0 Å². The second-order valence-electron chi connectivity index (χ2n) is 4.65. The van der Waals surface area contributed by atoms with Gasteiger partial charge in [-0.2, -0.15) is 0 Å². The highest BCUT2D eigenvalue weighted by molar-refractivity contribution is 4.94. The first-order chi connectivity index (χ1) is 9.26. The van der Waals surface area contributed by atoms with Crippen LogP contribution >= 0.6 is 0 Å². The molecule has 0 radical (unpaired) electrons. The molecular formula is C14H26N2O3. The Morgan fingerprint density at radius 1 is 1.32 bits per heavy atom. The van der Waals surface area contributed by atoms with Gasteiger partial charge in [0.2, 0.25) is 0 Å². The van der Waals surface area contributed by atoms with E-state index in [0.29, 0.717) is 0 Å². The molecule has 5 heteroatoms. The minimum Gasteiger partial charge on any atom is -0.446 e. The van der Waals surface area contributed by atoms with Crippen molar-refractivity contribution < 1.29 is 13.9 Å². The normalized spacial score (nSPS) is 12.8. The molecule has 110 valence electrons. The summed E-state index contributed by atoms with van der Waals surface area (Å²) in [5.74, 6) is 1.78. The van der Waals surface area contributed by atoms with E-state index < -0.39 is 0 Å². The van der Waals surface area contributed by atoms with Gasteiger partial charge in [0.25, 0.3) is 0 Å². The van der Waals surface area contributed by atoms with Crippen molar-refractivity contribution in [2.45, 2.75) is 38.7 Å². The van der Waals surface area contributed by atoms with Crippen LogP contribution in [0.5, 0.6) is 0 Å². The molecule has 0 aromatic carbocycles. The van der Waals surface area contributed by atoms with Crippen molar-refractivity contribution >= 4 is 0 Å². The fourth-order valence-electron chi connectivity index (χ4n) is 1.71. The predicted molar refractivity (Wildman–Crippen MR) is 74.4 cm³/mol. The average Bonchev–Trinajstić information content (AvgIpc) is 2.88. The molecule has 0 amide bonds. The van der Waals surface area contributed by atoms with E-state index in [1.165, 1.54) is 0 Å². The largest absolute Gasteiger partial charge is 0.446 e. The second kappa shape index (κ2) is 9.95. The number of rotatable bonds is 11. The summed E-state index contributed by atoms with van der Waals surface area (Å²) >= 11 is 0. The third kappa shape index (κ3) is 7.30. The van der Waals surface area contributed by atoms with Gasteiger partial charge in [-0.3, -0.25) is 0 Å². The molecule has 5 nitrogen and oxygen atoms in total. The van der Waals surface area contributed by atoms with Crippen LogP contribution in [0, 0.1) is 0 Å². The molecule has 0 aliphatic heterocycles. The van der Waals surface area contributed by atoms with Crippen LogP contribution in [0.1, 0.15) is 31.4 Å². The maximum atomic E-state index is 5.69. The fraction of sp³-hybridized carbons (Fsp3) is 0.786. The summed E-state index contributed by atoms with van der Waals surface area (Å²) in [4.78, 5) is 4.29. The summed E-state index contributed by atoms with van der Waals surface area (Å²) < 4.78 is 15.9. The van der Waals surface area contributed by atoms with Gasteiger partial charge in [0.1, 0.15) is 5.76 Å². The van der Waals surface area contributed by atoms with E-state index in [9.17, 15) is 0 Å². The Labute approximate surface area is 115 Å². The standard InChI is InChI=1S/C14H26N2O3/c1-12(18-3)6-7-13-11-16-14(19-13)5-4-8-15-9-10-17-2/h11-12,15H,4-10H2,1-3H3. The highest BCUT2D eigenvalue weighted by atomic mass is 16.5. The summed E-state index contributed by atoms with van der Waals surface area (Å²) in [7, 11) is 3.44. The van der Waals surface area contributed by atoms with E-state index in [0.717, 1.165) is 57.0 Å². The van der Waals surface area contributed by atoms with E-state index in [1.54, 1.807) is 14.2 Å².